The van der Waals surface area contributed by atoms with Crippen LogP contribution in [0.2, 0.25) is 0 Å². The Labute approximate surface area is 176 Å². The number of anilines is 1. The molecule has 1 amide bonds. The van der Waals surface area contributed by atoms with E-state index in [0.717, 1.165) is 38.4 Å². The number of hydrogen-bond acceptors (Lipinski definition) is 5. The molecule has 0 aliphatic carbocycles. The lowest BCUT2D eigenvalue weighted by Crippen LogP contribution is -2.15. The molecule has 6 aromatic rings. The Kier molecular flexibility index (Phi) is 3.58. The van der Waals surface area contributed by atoms with E-state index in [-0.39, 0.29) is 11.9 Å². The van der Waals surface area contributed by atoms with Gasteiger partial charge in [0.05, 0.1) is 16.7 Å². The van der Waals surface area contributed by atoms with Crippen molar-refractivity contribution >= 4 is 50.2 Å². The summed E-state index contributed by atoms with van der Waals surface area (Å²) in [6.45, 7) is 3.74. The number of benzene rings is 2. The van der Waals surface area contributed by atoms with Crippen molar-refractivity contribution in [2.75, 3.05) is 5.32 Å². The maximum absolute atomic E-state index is 13.0. The smallest absolute Gasteiger partial charge is 0.276 e. The number of aromatic amines is 1. The summed E-state index contributed by atoms with van der Waals surface area (Å²) in [6, 6.07) is 17.5. The summed E-state index contributed by atoms with van der Waals surface area (Å²) >= 11 is 0. The Balaban J connectivity index is 1.43. The van der Waals surface area contributed by atoms with Crippen molar-refractivity contribution < 1.29 is 4.79 Å². The minimum absolute atomic E-state index is 0.213. The minimum Gasteiger partial charge on any atom is -0.353 e. The number of nitrogens with one attached hydrogen (secondary N) is 2. The number of H-pyrrole nitrogens is 1. The quantitative estimate of drug-likeness (QED) is 0.448. The van der Waals surface area contributed by atoms with E-state index in [2.05, 4.69) is 30.4 Å². The number of nitrogens with zero attached hydrogens (tertiary/aromatic N) is 5. The molecule has 0 bridgehead atoms. The molecular formula is C23H17N7O. The fourth-order valence-corrected chi connectivity index (χ4v) is 4.03. The molecule has 8 nitrogen and oxygen atoms in total. The Morgan fingerprint density at radius 3 is 2.58 bits per heavy atom. The van der Waals surface area contributed by atoms with Gasteiger partial charge in [0.2, 0.25) is 5.95 Å². The van der Waals surface area contributed by atoms with Gasteiger partial charge in [-0.1, -0.05) is 30.3 Å². The van der Waals surface area contributed by atoms with Gasteiger partial charge in [-0.15, -0.1) is 5.10 Å². The normalized spacial score (nSPS) is 11.7. The first-order valence-electron chi connectivity index (χ1n) is 9.90. The van der Waals surface area contributed by atoms with Gasteiger partial charge in [0.25, 0.3) is 5.91 Å². The van der Waals surface area contributed by atoms with Crippen molar-refractivity contribution in [1.29, 1.82) is 0 Å². The lowest BCUT2D eigenvalue weighted by atomic mass is 10.1. The third-order valence-electron chi connectivity index (χ3n) is 5.48. The molecule has 2 aromatic carbocycles. The first-order valence-corrected chi connectivity index (χ1v) is 9.90. The van der Waals surface area contributed by atoms with Crippen LogP contribution in [0.1, 0.15) is 22.0 Å². The summed E-state index contributed by atoms with van der Waals surface area (Å²) in [7, 11) is 0. The maximum atomic E-state index is 13.0. The predicted octanol–water partition coefficient (Wildman–Crippen LogP) is 4.18. The Bertz CT molecular complexity index is 1660. The second-order valence-corrected chi connectivity index (χ2v) is 7.49. The van der Waals surface area contributed by atoms with Gasteiger partial charge in [-0.05, 0) is 38.1 Å². The number of pyridine rings is 1. The maximum Gasteiger partial charge on any atom is 0.276 e. The van der Waals surface area contributed by atoms with Crippen molar-refractivity contribution in [2.45, 2.75) is 13.8 Å². The third-order valence-corrected chi connectivity index (χ3v) is 5.48. The van der Waals surface area contributed by atoms with E-state index in [4.69, 9.17) is 0 Å². The second kappa shape index (κ2) is 6.33. The van der Waals surface area contributed by atoms with Gasteiger partial charge in [0.15, 0.2) is 5.65 Å². The average molecular weight is 407 g/mol. The zero-order valence-corrected chi connectivity index (χ0v) is 16.8. The third kappa shape index (κ3) is 2.65. The molecule has 0 fully saturated rings. The largest absolute Gasteiger partial charge is 0.353 e. The van der Waals surface area contributed by atoms with Crippen LogP contribution in [0, 0.1) is 13.8 Å². The van der Waals surface area contributed by atoms with E-state index in [1.54, 1.807) is 10.6 Å². The van der Waals surface area contributed by atoms with Gasteiger partial charge >= 0.3 is 0 Å². The number of carbonyl (C=O) groups excluding carboxylic acids is 1. The molecule has 0 unspecified atom stereocenters. The summed E-state index contributed by atoms with van der Waals surface area (Å²) < 4.78 is 1.64. The zero-order valence-electron chi connectivity index (χ0n) is 16.8. The topological polar surface area (TPSA) is 101 Å². The molecule has 0 aliphatic rings. The van der Waals surface area contributed by atoms with Crippen LogP contribution in [0.25, 0.3) is 38.4 Å². The molecule has 0 spiro atoms. The molecular weight excluding hydrogens is 390 g/mol. The number of rotatable bonds is 2. The fraction of sp³-hybridized carbons (Fsp3) is 0.0870. The van der Waals surface area contributed by atoms with E-state index in [1.807, 2.05) is 62.4 Å². The number of aromatic nitrogens is 6. The molecule has 0 saturated carbocycles. The first kappa shape index (κ1) is 17.5. The number of fused-ring (bicyclic) bond motifs is 6. The van der Waals surface area contributed by atoms with E-state index < -0.39 is 0 Å². The Morgan fingerprint density at radius 2 is 1.71 bits per heavy atom. The molecule has 0 saturated heterocycles. The monoisotopic (exact) mass is 407 g/mol. The first-order chi connectivity index (χ1) is 15.1. The zero-order chi connectivity index (χ0) is 21.1. The van der Waals surface area contributed by atoms with Crippen molar-refractivity contribution in [1.82, 2.24) is 29.5 Å². The summed E-state index contributed by atoms with van der Waals surface area (Å²) in [5, 5.41) is 10.1. The highest BCUT2D eigenvalue weighted by atomic mass is 16.2. The molecule has 2 N–H and O–H groups in total. The van der Waals surface area contributed by atoms with Crippen LogP contribution >= 0.6 is 0 Å². The van der Waals surface area contributed by atoms with Gasteiger partial charge < -0.3 is 4.98 Å². The van der Waals surface area contributed by atoms with E-state index in [1.165, 1.54) is 0 Å². The predicted molar refractivity (Wildman–Crippen MR) is 119 cm³/mol. The summed E-state index contributed by atoms with van der Waals surface area (Å²) in [4.78, 5) is 30.0. The SMILES string of the molecule is Cc1nc(C(=O)Nc2nc3c4ccccc4nc(C)n3n2)cc2c1[nH]c1ccccc12. The van der Waals surface area contributed by atoms with Gasteiger partial charge in [-0.2, -0.15) is 9.50 Å². The van der Waals surface area contributed by atoms with Gasteiger partial charge in [0, 0.05) is 21.7 Å². The van der Waals surface area contributed by atoms with Crippen LogP contribution in [0.15, 0.2) is 54.6 Å². The molecule has 4 heterocycles. The number of aryl methyl sites for hydroxylation is 2. The fourth-order valence-electron chi connectivity index (χ4n) is 4.03. The van der Waals surface area contributed by atoms with Crippen LogP contribution < -0.4 is 5.32 Å². The second-order valence-electron chi connectivity index (χ2n) is 7.49. The molecule has 8 heteroatoms. The molecule has 0 atom stereocenters. The molecule has 31 heavy (non-hydrogen) atoms. The minimum atomic E-state index is -0.360. The van der Waals surface area contributed by atoms with Crippen molar-refractivity contribution in [3.8, 4) is 0 Å². The van der Waals surface area contributed by atoms with Crippen LogP contribution in [-0.2, 0) is 0 Å². The Hall–Kier alpha value is -4.33. The van der Waals surface area contributed by atoms with E-state index >= 15 is 0 Å². The standard InChI is InChI=1S/C23H17N7O/c1-12-20-16(14-7-3-5-9-17(14)26-20)11-19(24-12)22(31)28-23-27-21-15-8-4-6-10-18(15)25-13(2)30(21)29-23/h3-11,26H,1-2H3,(H,28,29,31). The molecule has 0 radical (unpaired) electrons. The number of hydrogen-bond donors (Lipinski definition) is 2. The molecule has 0 aliphatic heterocycles. The highest BCUT2D eigenvalue weighted by Crippen LogP contribution is 2.27. The summed E-state index contributed by atoms with van der Waals surface area (Å²) in [5.74, 6) is 0.543. The molecule has 6 rings (SSSR count). The molecule has 150 valence electrons. The molecule has 4 aromatic heterocycles. The number of amides is 1. The lowest BCUT2D eigenvalue weighted by molar-refractivity contribution is 0.102. The van der Waals surface area contributed by atoms with Crippen LogP contribution in [0.4, 0.5) is 5.95 Å². The van der Waals surface area contributed by atoms with Crippen LogP contribution in [0.5, 0.6) is 0 Å². The van der Waals surface area contributed by atoms with Crippen molar-refractivity contribution in [2.24, 2.45) is 0 Å². The van der Waals surface area contributed by atoms with Crippen molar-refractivity contribution in [3.05, 3.63) is 71.8 Å². The highest BCUT2D eigenvalue weighted by molar-refractivity contribution is 6.11. The van der Waals surface area contributed by atoms with Crippen molar-refractivity contribution in [3.63, 3.8) is 0 Å². The summed E-state index contributed by atoms with van der Waals surface area (Å²) in [6.07, 6.45) is 0. The van der Waals surface area contributed by atoms with Gasteiger partial charge in [-0.25, -0.2) is 9.97 Å². The highest BCUT2D eigenvalue weighted by Gasteiger charge is 2.17. The van der Waals surface area contributed by atoms with E-state index in [0.29, 0.717) is 17.2 Å². The number of carbonyl (C=O) groups is 1. The van der Waals surface area contributed by atoms with Crippen LogP contribution in [0.3, 0.4) is 0 Å². The Morgan fingerprint density at radius 1 is 0.935 bits per heavy atom. The van der Waals surface area contributed by atoms with Gasteiger partial charge in [-0.3, -0.25) is 10.1 Å². The van der Waals surface area contributed by atoms with Crippen LogP contribution in [-0.4, -0.2) is 35.5 Å². The van der Waals surface area contributed by atoms with Gasteiger partial charge in [0.1, 0.15) is 11.5 Å². The summed E-state index contributed by atoms with van der Waals surface area (Å²) in [5.41, 5.74) is 4.49. The average Bonchev–Trinajstić information content (AvgIpc) is 3.36. The lowest BCUT2D eigenvalue weighted by Gasteiger charge is -2.03. The number of para-hydroxylation sites is 2. The van der Waals surface area contributed by atoms with E-state index in [9.17, 15) is 4.79 Å².